The number of hydrogen-bond donors (Lipinski definition) is 0. The number of hydrogen-bond acceptors (Lipinski definition) is 0. The van der Waals surface area contributed by atoms with Crippen molar-refractivity contribution in [2.24, 2.45) is 5.92 Å². The highest BCUT2D eigenvalue weighted by Gasteiger charge is 2.41. The number of benzene rings is 1. The first kappa shape index (κ1) is 16.5. The van der Waals surface area contributed by atoms with Gasteiger partial charge in [-0.1, -0.05) is 17.7 Å². The molecule has 0 saturated heterocycles. The maximum absolute atomic E-state index is 13.7. The molecule has 0 heterocycles. The summed E-state index contributed by atoms with van der Waals surface area (Å²) in [7, 11) is 0. The second-order valence-electron chi connectivity index (χ2n) is 4.88. The molecule has 1 atom stereocenters. The predicted molar refractivity (Wildman–Crippen MR) is 62.1 cm³/mol. The molecular formula is C14H8F8. The largest absolute Gasteiger partial charge is 0.395 e. The van der Waals surface area contributed by atoms with Gasteiger partial charge < -0.3 is 0 Å². The molecule has 0 spiro atoms. The number of rotatable bonds is 1. The van der Waals surface area contributed by atoms with Crippen LogP contribution < -0.4 is 0 Å². The Morgan fingerprint density at radius 2 is 1.32 bits per heavy atom. The first-order chi connectivity index (χ1) is 10.0. The molecule has 120 valence electrons. The zero-order valence-electron chi connectivity index (χ0n) is 11.0. The van der Waals surface area contributed by atoms with Gasteiger partial charge in [0.05, 0.1) is 11.5 Å². The van der Waals surface area contributed by atoms with Crippen LogP contribution in [0.4, 0.5) is 35.1 Å². The molecule has 1 aliphatic rings. The van der Waals surface area contributed by atoms with Crippen molar-refractivity contribution < 1.29 is 35.1 Å². The minimum atomic E-state index is -4.69. The van der Waals surface area contributed by atoms with E-state index in [-0.39, 0.29) is 5.57 Å². The van der Waals surface area contributed by atoms with Crippen molar-refractivity contribution in [3.8, 4) is 0 Å². The Kier molecular flexibility index (Phi) is 4.06. The fourth-order valence-electron chi connectivity index (χ4n) is 2.27. The Balaban J connectivity index is 2.61. The van der Waals surface area contributed by atoms with Gasteiger partial charge in [0.2, 0.25) is 5.82 Å². The molecule has 1 aliphatic carbocycles. The van der Waals surface area contributed by atoms with E-state index in [2.05, 4.69) is 0 Å². The van der Waals surface area contributed by atoms with E-state index >= 15 is 0 Å². The second kappa shape index (κ2) is 5.40. The maximum Gasteiger partial charge on any atom is 0.395 e. The molecule has 22 heavy (non-hydrogen) atoms. The lowest BCUT2D eigenvalue weighted by Gasteiger charge is -2.24. The van der Waals surface area contributed by atoms with Gasteiger partial charge in [0.1, 0.15) is 0 Å². The monoisotopic (exact) mass is 328 g/mol. The lowest BCUT2D eigenvalue weighted by atomic mass is 9.86. The molecule has 2 rings (SSSR count). The quantitative estimate of drug-likeness (QED) is 0.373. The molecule has 8 heteroatoms. The summed E-state index contributed by atoms with van der Waals surface area (Å²) in [5, 5.41) is 0. The van der Waals surface area contributed by atoms with Gasteiger partial charge in [0.15, 0.2) is 23.3 Å². The molecule has 0 radical (unpaired) electrons. The average molecular weight is 328 g/mol. The summed E-state index contributed by atoms with van der Waals surface area (Å²) < 4.78 is 105. The van der Waals surface area contributed by atoms with Gasteiger partial charge in [0, 0.05) is 0 Å². The molecule has 0 fully saturated rings. The third kappa shape index (κ3) is 2.74. The molecule has 0 aliphatic heterocycles. The lowest BCUT2D eigenvalue weighted by molar-refractivity contribution is -0.160. The topological polar surface area (TPSA) is 0 Å². The van der Waals surface area contributed by atoms with Crippen LogP contribution in [0.1, 0.15) is 18.9 Å². The van der Waals surface area contributed by atoms with Crippen molar-refractivity contribution in [3.63, 3.8) is 0 Å². The first-order valence-electron chi connectivity index (χ1n) is 6.01. The molecule has 0 amide bonds. The van der Waals surface area contributed by atoms with Gasteiger partial charge in [0.25, 0.3) is 0 Å². The van der Waals surface area contributed by atoms with E-state index in [9.17, 15) is 35.1 Å². The van der Waals surface area contributed by atoms with Crippen LogP contribution in [0.15, 0.2) is 17.7 Å². The molecule has 1 unspecified atom stereocenters. The van der Waals surface area contributed by atoms with Crippen molar-refractivity contribution in [1.29, 1.82) is 0 Å². The summed E-state index contributed by atoms with van der Waals surface area (Å²) in [6.07, 6.45) is -3.79. The summed E-state index contributed by atoms with van der Waals surface area (Å²) >= 11 is 0. The Morgan fingerprint density at radius 3 is 1.77 bits per heavy atom. The Labute approximate surface area is 119 Å². The van der Waals surface area contributed by atoms with E-state index in [0.29, 0.717) is 0 Å². The highest BCUT2D eigenvalue weighted by Crippen LogP contribution is 2.41. The lowest BCUT2D eigenvalue weighted by Crippen LogP contribution is -2.23. The second-order valence-corrected chi connectivity index (χ2v) is 4.88. The van der Waals surface area contributed by atoms with Gasteiger partial charge in [-0.25, -0.2) is 22.0 Å². The minimum absolute atomic E-state index is 0.0208. The highest BCUT2D eigenvalue weighted by atomic mass is 19.4. The van der Waals surface area contributed by atoms with Gasteiger partial charge in [-0.3, -0.25) is 0 Å². The molecule has 0 saturated carbocycles. The summed E-state index contributed by atoms with van der Waals surface area (Å²) in [6.45, 7) is 1.24. The van der Waals surface area contributed by atoms with Crippen molar-refractivity contribution in [2.75, 3.05) is 0 Å². The maximum atomic E-state index is 13.7. The summed E-state index contributed by atoms with van der Waals surface area (Å²) in [6, 6.07) is 0. The third-order valence-electron chi connectivity index (χ3n) is 3.26. The Hall–Kier alpha value is -1.86. The van der Waals surface area contributed by atoms with Crippen LogP contribution in [0.3, 0.4) is 0 Å². The standard InChI is InChI=1S/C14H8F8/c1-5-2-6(4-7(3-5)14(20,21)22)8-9(15)11(17)13(19)12(18)10(8)16/h2-3,7H,4H2,1H3. The normalized spacial score (nSPS) is 19.0. The summed E-state index contributed by atoms with van der Waals surface area (Å²) in [5.41, 5.74) is -1.89. The van der Waals surface area contributed by atoms with Crippen LogP contribution in [-0.2, 0) is 0 Å². The molecule has 0 aromatic heterocycles. The number of allylic oxidation sites excluding steroid dienone is 4. The van der Waals surface area contributed by atoms with Crippen molar-refractivity contribution in [3.05, 3.63) is 52.4 Å². The SMILES string of the molecule is CC1=CC(C(F)(F)F)CC(c2c(F)c(F)c(F)c(F)c2F)=C1. The van der Waals surface area contributed by atoms with Crippen LogP contribution in [0.25, 0.3) is 5.57 Å². The Bertz CT molecular complexity index is 652. The molecule has 1 aromatic carbocycles. The van der Waals surface area contributed by atoms with E-state index in [0.717, 1.165) is 12.2 Å². The van der Waals surface area contributed by atoms with Gasteiger partial charge in [-0.05, 0) is 18.9 Å². The van der Waals surface area contributed by atoms with E-state index in [1.807, 2.05) is 0 Å². The Morgan fingerprint density at radius 1 is 0.864 bits per heavy atom. The van der Waals surface area contributed by atoms with Gasteiger partial charge in [-0.15, -0.1) is 0 Å². The number of alkyl halides is 3. The molecule has 0 nitrogen and oxygen atoms in total. The van der Waals surface area contributed by atoms with Crippen LogP contribution in [0, 0.1) is 35.0 Å². The molecule has 1 aromatic rings. The van der Waals surface area contributed by atoms with Crippen LogP contribution >= 0.6 is 0 Å². The first-order valence-corrected chi connectivity index (χ1v) is 6.01. The zero-order chi connectivity index (χ0) is 16.8. The molecule has 0 bridgehead atoms. The van der Waals surface area contributed by atoms with Crippen molar-refractivity contribution in [1.82, 2.24) is 0 Å². The van der Waals surface area contributed by atoms with Crippen molar-refractivity contribution >= 4 is 5.57 Å². The van der Waals surface area contributed by atoms with E-state index in [4.69, 9.17) is 0 Å². The van der Waals surface area contributed by atoms with Gasteiger partial charge >= 0.3 is 6.18 Å². The fourth-order valence-corrected chi connectivity index (χ4v) is 2.27. The van der Waals surface area contributed by atoms with Crippen molar-refractivity contribution in [2.45, 2.75) is 19.5 Å². The summed E-state index contributed by atoms with van der Waals surface area (Å²) in [4.78, 5) is 0. The highest BCUT2D eigenvalue weighted by molar-refractivity contribution is 5.71. The average Bonchev–Trinajstić information content (AvgIpc) is 2.42. The van der Waals surface area contributed by atoms with E-state index in [1.54, 1.807) is 0 Å². The zero-order valence-corrected chi connectivity index (χ0v) is 11.0. The smallest absolute Gasteiger partial charge is 0.203 e. The van der Waals surface area contributed by atoms with Crippen LogP contribution in [0.2, 0.25) is 0 Å². The molecular weight excluding hydrogens is 320 g/mol. The predicted octanol–water partition coefficient (Wildman–Crippen LogP) is 5.29. The number of halogens is 8. The summed E-state index contributed by atoms with van der Waals surface area (Å²) in [5.74, 6) is -13.1. The van der Waals surface area contributed by atoms with E-state index < -0.39 is 58.7 Å². The van der Waals surface area contributed by atoms with Crippen LogP contribution in [0.5, 0.6) is 0 Å². The fraction of sp³-hybridized carbons (Fsp3) is 0.286. The van der Waals surface area contributed by atoms with Gasteiger partial charge in [-0.2, -0.15) is 13.2 Å². The third-order valence-corrected chi connectivity index (χ3v) is 3.26. The molecule has 0 N–H and O–H groups in total. The van der Waals surface area contributed by atoms with Crippen LogP contribution in [-0.4, -0.2) is 6.18 Å². The van der Waals surface area contributed by atoms with E-state index in [1.165, 1.54) is 6.92 Å². The minimum Gasteiger partial charge on any atom is -0.203 e.